The molecule has 29 heavy (non-hydrogen) atoms. The van der Waals surface area contributed by atoms with Crippen molar-refractivity contribution in [3.63, 3.8) is 0 Å². The van der Waals surface area contributed by atoms with E-state index in [0.29, 0.717) is 6.42 Å². The van der Waals surface area contributed by atoms with Crippen LogP contribution in [0, 0.1) is 6.92 Å². The highest BCUT2D eigenvalue weighted by atomic mass is 32.2. The number of nitrogens with one attached hydrogen (secondary N) is 2. The molecule has 0 aromatic heterocycles. The van der Waals surface area contributed by atoms with Gasteiger partial charge in [-0.05, 0) is 61.4 Å². The number of anilines is 2. The molecule has 3 aromatic carbocycles. The van der Waals surface area contributed by atoms with Crippen molar-refractivity contribution in [1.29, 1.82) is 0 Å². The van der Waals surface area contributed by atoms with Gasteiger partial charge in [-0.2, -0.15) is 0 Å². The molecule has 0 fully saturated rings. The monoisotopic (exact) mass is 404 g/mol. The summed E-state index contributed by atoms with van der Waals surface area (Å²) in [6.07, 6.45) is 0.341. The predicted molar refractivity (Wildman–Crippen MR) is 120 cm³/mol. The van der Waals surface area contributed by atoms with Crippen LogP contribution in [0.15, 0.2) is 83.8 Å². The van der Waals surface area contributed by atoms with Gasteiger partial charge in [0.1, 0.15) is 0 Å². The lowest BCUT2D eigenvalue weighted by molar-refractivity contribution is -0.116. The molecule has 0 spiro atoms. The van der Waals surface area contributed by atoms with Gasteiger partial charge in [-0.15, -0.1) is 11.8 Å². The molecule has 0 aliphatic carbocycles. The van der Waals surface area contributed by atoms with Crippen LogP contribution in [0.1, 0.15) is 18.1 Å². The second kappa shape index (κ2) is 9.94. The maximum atomic E-state index is 12.4. The first-order valence-electron chi connectivity index (χ1n) is 9.47. The summed E-state index contributed by atoms with van der Waals surface area (Å²) in [6.45, 7) is 3.87. The molecule has 2 N–H and O–H groups in total. The molecule has 0 aliphatic rings. The first-order valence-corrected chi connectivity index (χ1v) is 10.4. The minimum Gasteiger partial charge on any atom is -0.326 e. The Hall–Kier alpha value is -3.05. The van der Waals surface area contributed by atoms with E-state index >= 15 is 0 Å². The standard InChI is InChI=1S/C24H24N2O2S/c1-17-7-6-10-21(15-17)26-24(28)18(2)29-22-13-11-20(12-14-22)25-23(27)16-19-8-4-3-5-9-19/h3-15,18H,16H2,1-2H3,(H,25,27)(H,26,28). The molecule has 3 aromatic rings. The summed E-state index contributed by atoms with van der Waals surface area (Å²) in [6, 6.07) is 24.9. The van der Waals surface area contributed by atoms with Gasteiger partial charge in [0, 0.05) is 16.3 Å². The Bertz CT molecular complexity index is 972. The molecular weight excluding hydrogens is 380 g/mol. The maximum Gasteiger partial charge on any atom is 0.237 e. The molecule has 4 nitrogen and oxygen atoms in total. The lowest BCUT2D eigenvalue weighted by atomic mass is 10.1. The van der Waals surface area contributed by atoms with Crippen molar-refractivity contribution in [1.82, 2.24) is 0 Å². The average Bonchev–Trinajstić information content (AvgIpc) is 2.70. The number of carbonyl (C=O) groups excluding carboxylic acids is 2. The SMILES string of the molecule is Cc1cccc(NC(=O)C(C)Sc2ccc(NC(=O)Cc3ccccc3)cc2)c1. The summed E-state index contributed by atoms with van der Waals surface area (Å²) < 4.78 is 0. The fourth-order valence-electron chi connectivity index (χ4n) is 2.83. The highest BCUT2D eigenvalue weighted by Gasteiger charge is 2.15. The Balaban J connectivity index is 1.51. The van der Waals surface area contributed by atoms with Crippen LogP contribution in [-0.4, -0.2) is 17.1 Å². The minimum absolute atomic E-state index is 0.0409. The normalized spacial score (nSPS) is 11.5. The van der Waals surface area contributed by atoms with Crippen LogP contribution >= 0.6 is 11.8 Å². The van der Waals surface area contributed by atoms with Crippen molar-refractivity contribution in [2.24, 2.45) is 0 Å². The summed E-state index contributed by atoms with van der Waals surface area (Å²) in [5, 5.41) is 5.61. The zero-order valence-electron chi connectivity index (χ0n) is 16.5. The third-order valence-corrected chi connectivity index (χ3v) is 5.43. The van der Waals surface area contributed by atoms with Crippen molar-refractivity contribution in [2.45, 2.75) is 30.4 Å². The van der Waals surface area contributed by atoms with Crippen molar-refractivity contribution in [2.75, 3.05) is 10.6 Å². The molecule has 0 bridgehead atoms. The number of benzene rings is 3. The molecule has 0 radical (unpaired) electrons. The van der Waals surface area contributed by atoms with Gasteiger partial charge in [-0.3, -0.25) is 9.59 Å². The number of hydrogen-bond acceptors (Lipinski definition) is 3. The van der Waals surface area contributed by atoms with Crippen molar-refractivity contribution in [3.05, 3.63) is 90.0 Å². The van der Waals surface area contributed by atoms with Crippen LogP contribution < -0.4 is 10.6 Å². The van der Waals surface area contributed by atoms with E-state index in [0.717, 1.165) is 27.4 Å². The van der Waals surface area contributed by atoms with Crippen molar-refractivity contribution < 1.29 is 9.59 Å². The summed E-state index contributed by atoms with van der Waals surface area (Å²) >= 11 is 1.48. The van der Waals surface area contributed by atoms with Gasteiger partial charge in [0.15, 0.2) is 0 Å². The molecule has 0 saturated carbocycles. The Morgan fingerprint density at radius 3 is 2.28 bits per heavy atom. The highest BCUT2D eigenvalue weighted by molar-refractivity contribution is 8.00. The smallest absolute Gasteiger partial charge is 0.237 e. The Morgan fingerprint density at radius 1 is 0.862 bits per heavy atom. The van der Waals surface area contributed by atoms with Gasteiger partial charge in [-0.1, -0.05) is 42.5 Å². The third-order valence-electron chi connectivity index (χ3n) is 4.31. The summed E-state index contributed by atoms with van der Waals surface area (Å²) in [7, 11) is 0. The van der Waals surface area contributed by atoms with E-state index in [1.54, 1.807) is 0 Å². The van der Waals surface area contributed by atoms with Gasteiger partial charge in [0.05, 0.1) is 11.7 Å². The third kappa shape index (κ3) is 6.50. The van der Waals surface area contributed by atoms with Crippen molar-refractivity contribution >= 4 is 35.0 Å². The second-order valence-corrected chi connectivity index (χ2v) is 8.27. The molecule has 2 amide bonds. The van der Waals surface area contributed by atoms with E-state index < -0.39 is 0 Å². The number of amides is 2. The van der Waals surface area contributed by atoms with Crippen LogP contribution in [0.3, 0.4) is 0 Å². The number of carbonyl (C=O) groups is 2. The Morgan fingerprint density at radius 2 is 1.59 bits per heavy atom. The first-order chi connectivity index (χ1) is 14.0. The number of thioether (sulfide) groups is 1. The fourth-order valence-corrected chi connectivity index (χ4v) is 3.70. The number of rotatable bonds is 7. The molecule has 3 rings (SSSR count). The molecule has 0 saturated heterocycles. The maximum absolute atomic E-state index is 12.4. The fraction of sp³-hybridized carbons (Fsp3) is 0.167. The van der Waals surface area contributed by atoms with E-state index in [4.69, 9.17) is 0 Å². The highest BCUT2D eigenvalue weighted by Crippen LogP contribution is 2.26. The predicted octanol–water partition coefficient (Wildman–Crippen LogP) is 5.30. The zero-order chi connectivity index (χ0) is 20.6. The lowest BCUT2D eigenvalue weighted by Crippen LogP contribution is -2.22. The molecule has 148 valence electrons. The van der Waals surface area contributed by atoms with Crippen LogP contribution in [-0.2, 0) is 16.0 Å². The quantitative estimate of drug-likeness (QED) is 0.526. The first kappa shape index (κ1) is 20.7. The van der Waals surface area contributed by atoms with Crippen LogP contribution in [0.4, 0.5) is 11.4 Å². The van der Waals surface area contributed by atoms with E-state index in [1.807, 2.05) is 92.7 Å². The summed E-state index contributed by atoms with van der Waals surface area (Å²) in [4.78, 5) is 25.6. The molecular formula is C24H24N2O2S. The van der Waals surface area contributed by atoms with Gasteiger partial charge < -0.3 is 10.6 Å². The zero-order valence-corrected chi connectivity index (χ0v) is 17.3. The molecule has 5 heteroatoms. The van der Waals surface area contributed by atoms with Crippen LogP contribution in [0.25, 0.3) is 0 Å². The minimum atomic E-state index is -0.242. The molecule has 0 heterocycles. The number of aryl methyl sites for hydroxylation is 1. The molecule has 1 unspecified atom stereocenters. The lowest BCUT2D eigenvalue weighted by Gasteiger charge is -2.13. The van der Waals surface area contributed by atoms with E-state index in [1.165, 1.54) is 11.8 Å². The average molecular weight is 405 g/mol. The van der Waals surface area contributed by atoms with Gasteiger partial charge in [0.25, 0.3) is 0 Å². The Kier molecular flexibility index (Phi) is 7.09. The Labute approximate surface area is 175 Å². The summed E-state index contributed by atoms with van der Waals surface area (Å²) in [5.74, 6) is -0.0941. The molecule has 1 atom stereocenters. The molecule has 0 aliphatic heterocycles. The van der Waals surface area contributed by atoms with Crippen LogP contribution in [0.2, 0.25) is 0 Å². The second-order valence-electron chi connectivity index (χ2n) is 6.85. The van der Waals surface area contributed by atoms with Gasteiger partial charge in [0.2, 0.25) is 11.8 Å². The van der Waals surface area contributed by atoms with Gasteiger partial charge in [-0.25, -0.2) is 0 Å². The topological polar surface area (TPSA) is 58.2 Å². The van der Waals surface area contributed by atoms with E-state index in [2.05, 4.69) is 10.6 Å². The van der Waals surface area contributed by atoms with Crippen LogP contribution in [0.5, 0.6) is 0 Å². The van der Waals surface area contributed by atoms with Gasteiger partial charge >= 0.3 is 0 Å². The van der Waals surface area contributed by atoms with E-state index in [9.17, 15) is 9.59 Å². The number of hydrogen-bond donors (Lipinski definition) is 2. The van der Waals surface area contributed by atoms with Crippen molar-refractivity contribution in [3.8, 4) is 0 Å². The summed E-state index contributed by atoms with van der Waals surface area (Å²) in [5.41, 5.74) is 3.63. The van der Waals surface area contributed by atoms with E-state index in [-0.39, 0.29) is 17.1 Å². The largest absolute Gasteiger partial charge is 0.326 e.